The Kier molecular flexibility index (Phi) is 6.76. The number of nitrogens with zero attached hydrogens (tertiary/aromatic N) is 2. The molecule has 1 aliphatic rings. The number of benzene rings is 1. The fourth-order valence-electron chi connectivity index (χ4n) is 3.33. The second kappa shape index (κ2) is 9.46. The van der Waals surface area contributed by atoms with Crippen molar-refractivity contribution < 1.29 is 14.3 Å². The minimum atomic E-state index is -0.447. The molecular formula is C21H24N2O3S. The molecule has 0 atom stereocenters. The maximum Gasteiger partial charge on any atom is 0.357 e. The maximum atomic E-state index is 12.9. The van der Waals surface area contributed by atoms with Crippen LogP contribution < -0.4 is 0 Å². The number of ether oxygens (including phenoxy) is 1. The topological polar surface area (TPSA) is 59.5 Å². The highest BCUT2D eigenvalue weighted by molar-refractivity contribution is 7.09. The van der Waals surface area contributed by atoms with Gasteiger partial charge in [-0.2, -0.15) is 0 Å². The molecule has 3 rings (SSSR count). The number of methoxy groups -OCH3 is 1. The average Bonchev–Trinajstić information content (AvgIpc) is 3.20. The SMILES string of the molecule is COC(=O)c1csc(CN(C(=O)/C=C/c2ccccc2)C2CCCCC2)n1. The molecule has 0 N–H and O–H groups in total. The lowest BCUT2D eigenvalue weighted by atomic mass is 9.94. The molecule has 2 aromatic rings. The Labute approximate surface area is 163 Å². The van der Waals surface area contributed by atoms with Gasteiger partial charge in [-0.1, -0.05) is 49.6 Å². The van der Waals surface area contributed by atoms with Crippen molar-refractivity contribution in [2.75, 3.05) is 7.11 Å². The Hall–Kier alpha value is -2.47. The number of rotatable bonds is 6. The first-order valence-corrected chi connectivity index (χ1v) is 10.1. The summed E-state index contributed by atoms with van der Waals surface area (Å²) in [6, 6.07) is 10.0. The molecule has 1 fully saturated rings. The van der Waals surface area contributed by atoms with Crippen LogP contribution in [0.5, 0.6) is 0 Å². The number of esters is 1. The van der Waals surface area contributed by atoms with Crippen LogP contribution in [0.3, 0.4) is 0 Å². The highest BCUT2D eigenvalue weighted by Crippen LogP contribution is 2.25. The van der Waals surface area contributed by atoms with E-state index in [1.54, 1.807) is 11.5 Å². The third kappa shape index (κ3) is 5.26. The van der Waals surface area contributed by atoms with Crippen LogP contribution in [-0.4, -0.2) is 34.9 Å². The fourth-order valence-corrected chi connectivity index (χ4v) is 4.10. The third-order valence-electron chi connectivity index (χ3n) is 4.77. The van der Waals surface area contributed by atoms with Gasteiger partial charge in [0, 0.05) is 17.5 Å². The standard InChI is InChI=1S/C21H24N2O3S/c1-26-21(25)18-15-27-19(22-18)14-23(17-10-6-3-7-11-17)20(24)13-12-16-8-4-2-5-9-16/h2,4-5,8-9,12-13,15,17H,3,6-7,10-11,14H2,1H3/b13-12+. The fraction of sp³-hybridized carbons (Fsp3) is 0.381. The van der Waals surface area contributed by atoms with Gasteiger partial charge in [-0.3, -0.25) is 4.79 Å². The molecule has 1 aliphatic carbocycles. The monoisotopic (exact) mass is 384 g/mol. The van der Waals surface area contributed by atoms with E-state index in [4.69, 9.17) is 4.74 Å². The average molecular weight is 385 g/mol. The molecular weight excluding hydrogens is 360 g/mol. The van der Waals surface area contributed by atoms with Gasteiger partial charge in [0.25, 0.3) is 0 Å². The minimum absolute atomic E-state index is 0.0134. The maximum absolute atomic E-state index is 12.9. The Morgan fingerprint density at radius 1 is 1.22 bits per heavy atom. The van der Waals surface area contributed by atoms with Crippen molar-refractivity contribution in [3.8, 4) is 0 Å². The molecule has 142 valence electrons. The summed E-state index contributed by atoms with van der Waals surface area (Å²) in [7, 11) is 1.34. The Bertz CT molecular complexity index is 795. The first kappa shape index (κ1) is 19.3. The van der Waals surface area contributed by atoms with E-state index in [1.165, 1.54) is 24.9 Å². The van der Waals surface area contributed by atoms with Gasteiger partial charge in [-0.05, 0) is 24.5 Å². The van der Waals surface area contributed by atoms with Crippen LogP contribution in [0.4, 0.5) is 0 Å². The second-order valence-electron chi connectivity index (χ2n) is 6.62. The van der Waals surface area contributed by atoms with E-state index in [9.17, 15) is 9.59 Å². The highest BCUT2D eigenvalue weighted by atomic mass is 32.1. The van der Waals surface area contributed by atoms with Crippen molar-refractivity contribution in [3.05, 3.63) is 58.1 Å². The van der Waals surface area contributed by atoms with Crippen LogP contribution in [0.1, 0.15) is 53.2 Å². The van der Waals surface area contributed by atoms with Crippen molar-refractivity contribution in [2.45, 2.75) is 44.7 Å². The zero-order chi connectivity index (χ0) is 19.1. The summed E-state index contributed by atoms with van der Waals surface area (Å²) in [5, 5.41) is 2.44. The van der Waals surface area contributed by atoms with Crippen LogP contribution in [0.15, 0.2) is 41.8 Å². The highest BCUT2D eigenvalue weighted by Gasteiger charge is 2.25. The molecule has 0 unspecified atom stereocenters. The molecule has 0 radical (unpaired) electrons. The molecule has 0 bridgehead atoms. The normalized spacial score (nSPS) is 15.0. The first-order valence-electron chi connectivity index (χ1n) is 9.24. The first-order chi connectivity index (χ1) is 13.2. The molecule has 27 heavy (non-hydrogen) atoms. The van der Waals surface area contributed by atoms with Crippen molar-refractivity contribution in [1.82, 2.24) is 9.88 Å². The van der Waals surface area contributed by atoms with Gasteiger partial charge in [-0.25, -0.2) is 9.78 Å². The van der Waals surface area contributed by atoms with Crippen molar-refractivity contribution in [1.29, 1.82) is 0 Å². The lowest BCUT2D eigenvalue weighted by Gasteiger charge is -2.33. The summed E-state index contributed by atoms with van der Waals surface area (Å²) >= 11 is 1.39. The number of amides is 1. The van der Waals surface area contributed by atoms with Crippen LogP contribution in [0, 0.1) is 0 Å². The number of thiazole rings is 1. The number of carbonyl (C=O) groups is 2. The molecule has 1 saturated carbocycles. The largest absolute Gasteiger partial charge is 0.464 e. The zero-order valence-electron chi connectivity index (χ0n) is 15.5. The van der Waals surface area contributed by atoms with E-state index in [1.807, 2.05) is 41.3 Å². The molecule has 1 heterocycles. The molecule has 1 amide bonds. The van der Waals surface area contributed by atoms with Crippen LogP contribution in [0.25, 0.3) is 6.08 Å². The lowest BCUT2D eigenvalue weighted by molar-refractivity contribution is -0.129. The molecule has 1 aromatic carbocycles. The molecule has 0 aliphatic heterocycles. The van der Waals surface area contributed by atoms with Crippen LogP contribution >= 0.6 is 11.3 Å². The quantitative estimate of drug-likeness (QED) is 0.550. The summed E-state index contributed by atoms with van der Waals surface area (Å²) in [6.07, 6.45) is 9.02. The van der Waals surface area contributed by atoms with Gasteiger partial charge in [0.2, 0.25) is 5.91 Å². The van der Waals surface area contributed by atoms with Crippen molar-refractivity contribution >= 4 is 29.3 Å². The predicted molar refractivity (Wildman–Crippen MR) is 106 cm³/mol. The molecule has 6 heteroatoms. The Morgan fingerprint density at radius 3 is 2.67 bits per heavy atom. The van der Waals surface area contributed by atoms with Gasteiger partial charge in [0.15, 0.2) is 5.69 Å². The van der Waals surface area contributed by atoms with E-state index >= 15 is 0 Å². The second-order valence-corrected chi connectivity index (χ2v) is 7.56. The van der Waals surface area contributed by atoms with Gasteiger partial charge >= 0.3 is 5.97 Å². The lowest BCUT2D eigenvalue weighted by Crippen LogP contribution is -2.40. The smallest absolute Gasteiger partial charge is 0.357 e. The zero-order valence-corrected chi connectivity index (χ0v) is 16.3. The summed E-state index contributed by atoms with van der Waals surface area (Å²) in [6.45, 7) is 0.421. The van der Waals surface area contributed by atoms with Crippen molar-refractivity contribution in [2.24, 2.45) is 0 Å². The van der Waals surface area contributed by atoms with E-state index in [0.29, 0.717) is 12.2 Å². The van der Waals surface area contributed by atoms with E-state index in [2.05, 4.69) is 4.98 Å². The van der Waals surface area contributed by atoms with Gasteiger partial charge < -0.3 is 9.64 Å². The molecule has 1 aromatic heterocycles. The predicted octanol–water partition coefficient (Wildman–Crippen LogP) is 4.30. The third-order valence-corrected chi connectivity index (χ3v) is 5.60. The van der Waals surface area contributed by atoms with Crippen molar-refractivity contribution in [3.63, 3.8) is 0 Å². The number of hydrogen-bond donors (Lipinski definition) is 0. The minimum Gasteiger partial charge on any atom is -0.464 e. The number of carbonyl (C=O) groups excluding carboxylic acids is 2. The summed E-state index contributed by atoms with van der Waals surface area (Å²) in [5.41, 5.74) is 1.30. The van der Waals surface area contributed by atoms with E-state index in [0.717, 1.165) is 36.3 Å². The van der Waals surface area contributed by atoms with E-state index in [-0.39, 0.29) is 11.9 Å². The van der Waals surface area contributed by atoms with Gasteiger partial charge in [0.05, 0.1) is 13.7 Å². The molecule has 0 saturated heterocycles. The number of hydrogen-bond acceptors (Lipinski definition) is 5. The van der Waals surface area contributed by atoms with Gasteiger partial charge in [-0.15, -0.1) is 11.3 Å². The summed E-state index contributed by atoms with van der Waals surface area (Å²) in [5.74, 6) is -0.461. The number of aromatic nitrogens is 1. The summed E-state index contributed by atoms with van der Waals surface area (Å²) < 4.78 is 4.72. The Balaban J connectivity index is 1.76. The van der Waals surface area contributed by atoms with Crippen LogP contribution in [0.2, 0.25) is 0 Å². The summed E-state index contributed by atoms with van der Waals surface area (Å²) in [4.78, 5) is 30.8. The van der Waals surface area contributed by atoms with E-state index < -0.39 is 5.97 Å². The molecule has 0 spiro atoms. The molecule has 5 nitrogen and oxygen atoms in total. The van der Waals surface area contributed by atoms with Crippen LogP contribution in [-0.2, 0) is 16.1 Å². The Morgan fingerprint density at radius 2 is 1.96 bits per heavy atom. The van der Waals surface area contributed by atoms with Gasteiger partial charge in [0.1, 0.15) is 5.01 Å².